The second kappa shape index (κ2) is 4.68. The van der Waals surface area contributed by atoms with E-state index < -0.39 is 0 Å². The van der Waals surface area contributed by atoms with Gasteiger partial charge in [0.1, 0.15) is 0 Å². The Bertz CT molecular complexity index is 1250. The van der Waals surface area contributed by atoms with Crippen molar-refractivity contribution in [1.29, 1.82) is 0 Å². The van der Waals surface area contributed by atoms with E-state index in [9.17, 15) is 4.79 Å². The Hall–Kier alpha value is -3.13. The fourth-order valence-corrected chi connectivity index (χ4v) is 4.06. The van der Waals surface area contributed by atoms with Crippen molar-refractivity contribution in [1.82, 2.24) is 0 Å². The molecule has 0 radical (unpaired) electrons. The molecule has 5 rings (SSSR count). The van der Waals surface area contributed by atoms with E-state index in [0.29, 0.717) is 0 Å². The Balaban J connectivity index is 2.16. The van der Waals surface area contributed by atoms with Crippen LogP contribution in [-0.2, 0) is 11.2 Å². The van der Waals surface area contributed by atoms with E-state index >= 15 is 0 Å². The van der Waals surface area contributed by atoms with E-state index in [1.165, 1.54) is 37.7 Å². The maximum absolute atomic E-state index is 11.6. The Morgan fingerprint density at radius 3 is 1.92 bits per heavy atom. The Morgan fingerprint density at radius 1 is 0.667 bits per heavy atom. The third-order valence-electron chi connectivity index (χ3n) is 4.96. The lowest BCUT2D eigenvalue weighted by Gasteiger charge is -2.16. The smallest absolute Gasteiger partial charge is 0.221 e. The van der Waals surface area contributed by atoms with Crippen LogP contribution in [0.25, 0.3) is 43.1 Å². The molecule has 0 spiro atoms. The van der Waals surface area contributed by atoms with Crippen LogP contribution in [0.1, 0.15) is 5.56 Å². The van der Waals surface area contributed by atoms with Gasteiger partial charge in [0.2, 0.25) is 5.91 Å². The van der Waals surface area contributed by atoms with Gasteiger partial charge in [-0.3, -0.25) is 4.79 Å². The Kier molecular flexibility index (Phi) is 2.60. The molecule has 2 nitrogen and oxygen atoms in total. The number of nitrogens with two attached hydrogens (primary N) is 1. The molecule has 5 aromatic carbocycles. The minimum Gasteiger partial charge on any atom is -0.369 e. The van der Waals surface area contributed by atoms with Gasteiger partial charge in [0.05, 0.1) is 6.42 Å². The molecule has 1 amide bonds. The van der Waals surface area contributed by atoms with Crippen LogP contribution in [0.3, 0.4) is 0 Å². The summed E-state index contributed by atoms with van der Waals surface area (Å²) in [6, 6.07) is 23.4. The molecule has 0 atom stereocenters. The largest absolute Gasteiger partial charge is 0.369 e. The predicted octanol–water partition coefficient (Wildman–Crippen LogP) is 4.77. The third kappa shape index (κ3) is 1.68. The van der Waals surface area contributed by atoms with Crippen molar-refractivity contribution in [2.45, 2.75) is 6.42 Å². The average molecular weight is 309 g/mol. The predicted molar refractivity (Wildman–Crippen MR) is 101 cm³/mol. The molecule has 0 heterocycles. The lowest BCUT2D eigenvalue weighted by atomic mass is 9.87. The number of hydrogen-bond donors (Lipinski definition) is 1. The molecule has 0 aliphatic heterocycles. The van der Waals surface area contributed by atoms with Crippen LogP contribution in [0.4, 0.5) is 0 Å². The first-order chi connectivity index (χ1) is 11.7. The van der Waals surface area contributed by atoms with Gasteiger partial charge in [0.15, 0.2) is 0 Å². The first-order valence-electron chi connectivity index (χ1n) is 8.09. The normalized spacial score (nSPS) is 11.8. The fraction of sp³-hybridized carbons (Fsp3) is 0.0455. The number of primary amides is 1. The van der Waals surface area contributed by atoms with Crippen molar-refractivity contribution in [3.8, 4) is 0 Å². The maximum Gasteiger partial charge on any atom is 0.221 e. The van der Waals surface area contributed by atoms with Crippen molar-refractivity contribution in [2.75, 3.05) is 0 Å². The minimum atomic E-state index is -0.297. The van der Waals surface area contributed by atoms with Gasteiger partial charge in [-0.25, -0.2) is 0 Å². The van der Waals surface area contributed by atoms with E-state index in [2.05, 4.69) is 60.7 Å². The number of amides is 1. The van der Waals surface area contributed by atoms with Crippen molar-refractivity contribution >= 4 is 49.0 Å². The molecule has 0 bridgehead atoms. The van der Waals surface area contributed by atoms with E-state index in [1.54, 1.807) is 0 Å². The van der Waals surface area contributed by atoms with Crippen LogP contribution in [0.2, 0.25) is 0 Å². The summed E-state index contributed by atoms with van der Waals surface area (Å²) in [4.78, 5) is 11.6. The van der Waals surface area contributed by atoms with E-state index in [4.69, 9.17) is 5.73 Å². The molecule has 2 N–H and O–H groups in total. The van der Waals surface area contributed by atoms with Crippen molar-refractivity contribution in [3.05, 3.63) is 72.3 Å². The summed E-state index contributed by atoms with van der Waals surface area (Å²) in [6.07, 6.45) is 0.262. The maximum atomic E-state index is 11.6. The number of carbonyl (C=O) groups is 1. The average Bonchev–Trinajstić information content (AvgIpc) is 2.59. The second-order valence-corrected chi connectivity index (χ2v) is 6.36. The number of hydrogen-bond acceptors (Lipinski definition) is 1. The van der Waals surface area contributed by atoms with Crippen LogP contribution in [0.15, 0.2) is 66.7 Å². The first kappa shape index (κ1) is 13.3. The summed E-state index contributed by atoms with van der Waals surface area (Å²) in [7, 11) is 0. The highest BCUT2D eigenvalue weighted by atomic mass is 16.1. The zero-order valence-electron chi connectivity index (χ0n) is 13.0. The SMILES string of the molecule is NC(=O)Cc1ccc2cccc3c4cccc5cccc(c1c23)c54. The summed E-state index contributed by atoms with van der Waals surface area (Å²) in [5.74, 6) is -0.297. The lowest BCUT2D eigenvalue weighted by molar-refractivity contribution is -0.117. The molecular formula is C22H15NO. The summed E-state index contributed by atoms with van der Waals surface area (Å²) in [5.41, 5.74) is 6.51. The molecule has 2 heteroatoms. The molecule has 0 aromatic heterocycles. The molecule has 0 saturated heterocycles. The number of benzene rings is 5. The summed E-state index contributed by atoms with van der Waals surface area (Å²) in [6.45, 7) is 0. The second-order valence-electron chi connectivity index (χ2n) is 6.36. The van der Waals surface area contributed by atoms with Gasteiger partial charge < -0.3 is 5.73 Å². The zero-order chi connectivity index (χ0) is 16.3. The van der Waals surface area contributed by atoms with Crippen molar-refractivity contribution in [2.24, 2.45) is 5.73 Å². The van der Waals surface area contributed by atoms with Gasteiger partial charge in [0, 0.05) is 0 Å². The van der Waals surface area contributed by atoms with Crippen LogP contribution >= 0.6 is 0 Å². The first-order valence-corrected chi connectivity index (χ1v) is 8.09. The number of rotatable bonds is 2. The molecule has 0 aliphatic carbocycles. The highest BCUT2D eigenvalue weighted by molar-refractivity contribution is 6.33. The van der Waals surface area contributed by atoms with Gasteiger partial charge in [-0.15, -0.1) is 0 Å². The summed E-state index contributed by atoms with van der Waals surface area (Å²) >= 11 is 0. The van der Waals surface area contributed by atoms with E-state index in [0.717, 1.165) is 10.9 Å². The highest BCUT2D eigenvalue weighted by Gasteiger charge is 2.15. The van der Waals surface area contributed by atoms with Crippen molar-refractivity contribution < 1.29 is 4.79 Å². The molecule has 0 saturated carbocycles. The van der Waals surface area contributed by atoms with E-state index in [1.807, 2.05) is 6.07 Å². The summed E-state index contributed by atoms with van der Waals surface area (Å²) in [5, 5.41) is 9.76. The minimum absolute atomic E-state index is 0.262. The fourth-order valence-electron chi connectivity index (χ4n) is 4.06. The van der Waals surface area contributed by atoms with E-state index in [-0.39, 0.29) is 12.3 Å². The lowest BCUT2D eigenvalue weighted by Crippen LogP contribution is -2.13. The Morgan fingerprint density at radius 2 is 1.25 bits per heavy atom. The van der Waals surface area contributed by atoms with Crippen LogP contribution in [0, 0.1) is 0 Å². The van der Waals surface area contributed by atoms with Gasteiger partial charge >= 0.3 is 0 Å². The Labute approximate surface area is 138 Å². The molecule has 114 valence electrons. The molecule has 5 aromatic rings. The topological polar surface area (TPSA) is 43.1 Å². The molecule has 0 aliphatic rings. The monoisotopic (exact) mass is 309 g/mol. The molecule has 0 unspecified atom stereocenters. The van der Waals surface area contributed by atoms with Gasteiger partial charge in [-0.1, -0.05) is 66.7 Å². The van der Waals surface area contributed by atoms with Crippen LogP contribution < -0.4 is 5.73 Å². The molecule has 0 fully saturated rings. The van der Waals surface area contributed by atoms with Crippen LogP contribution in [0.5, 0.6) is 0 Å². The molecular weight excluding hydrogens is 294 g/mol. The zero-order valence-corrected chi connectivity index (χ0v) is 13.0. The quantitative estimate of drug-likeness (QED) is 0.370. The number of carbonyl (C=O) groups excluding carboxylic acids is 1. The van der Waals surface area contributed by atoms with Gasteiger partial charge in [0.25, 0.3) is 0 Å². The number of fused-ring (bicyclic) bond motifs is 2. The highest BCUT2D eigenvalue weighted by Crippen LogP contribution is 2.41. The molecule has 24 heavy (non-hydrogen) atoms. The van der Waals surface area contributed by atoms with Crippen LogP contribution in [-0.4, -0.2) is 5.91 Å². The van der Waals surface area contributed by atoms with Gasteiger partial charge in [-0.2, -0.15) is 0 Å². The third-order valence-corrected chi connectivity index (χ3v) is 4.96. The van der Waals surface area contributed by atoms with Gasteiger partial charge in [-0.05, 0) is 48.7 Å². The standard InChI is InChI=1S/C22H15NO/c23-19(24)12-15-11-10-14-6-2-8-17-16-7-1-4-13-5-3-9-18(20(13)16)22(15)21(14)17/h1-11H,12H2,(H2,23,24). The summed E-state index contributed by atoms with van der Waals surface area (Å²) < 4.78 is 0. The van der Waals surface area contributed by atoms with Crippen molar-refractivity contribution in [3.63, 3.8) is 0 Å².